The van der Waals surface area contributed by atoms with Gasteiger partial charge >= 0.3 is 0 Å². The first kappa shape index (κ1) is 19.9. The van der Waals surface area contributed by atoms with Gasteiger partial charge in [-0.25, -0.2) is 13.1 Å². The van der Waals surface area contributed by atoms with Crippen molar-refractivity contribution in [2.75, 3.05) is 13.1 Å². The average Bonchev–Trinajstić information content (AvgIpc) is 2.97. The molecule has 1 aliphatic rings. The second-order valence-electron chi connectivity index (χ2n) is 5.81. The van der Waals surface area contributed by atoms with E-state index < -0.39 is 10.0 Å². The third kappa shape index (κ3) is 5.76. The zero-order valence-corrected chi connectivity index (χ0v) is 15.0. The van der Waals surface area contributed by atoms with Gasteiger partial charge in [0.25, 0.3) is 5.91 Å². The van der Waals surface area contributed by atoms with Gasteiger partial charge in [0, 0.05) is 24.2 Å². The number of benzene rings is 1. The van der Waals surface area contributed by atoms with Gasteiger partial charge in [-0.15, -0.1) is 12.4 Å². The van der Waals surface area contributed by atoms with Gasteiger partial charge in [-0.05, 0) is 51.4 Å². The number of halogens is 1. The van der Waals surface area contributed by atoms with Crippen LogP contribution < -0.4 is 15.4 Å². The van der Waals surface area contributed by atoms with Gasteiger partial charge < -0.3 is 10.6 Å². The summed E-state index contributed by atoms with van der Waals surface area (Å²) < 4.78 is 26.8. The smallest absolute Gasteiger partial charge is 0.251 e. The Bertz CT molecular complexity index is 629. The Morgan fingerprint density at radius 3 is 2.74 bits per heavy atom. The van der Waals surface area contributed by atoms with Gasteiger partial charge in [0.2, 0.25) is 10.0 Å². The summed E-state index contributed by atoms with van der Waals surface area (Å²) in [5.74, 6) is -0.254. The van der Waals surface area contributed by atoms with Gasteiger partial charge in [-0.2, -0.15) is 0 Å². The standard InChI is InChI=1S/C15H23N3O3S.ClH/c1-11(2)18-22(20,21)14-7-3-5-12(9-14)15(19)17-10-13-6-4-8-16-13;/h3,5,7,9,11,13,16,18H,4,6,8,10H2,1-2H3,(H,17,19);1H. The Hall–Kier alpha value is -1.15. The minimum absolute atomic E-state index is 0. The molecule has 0 aliphatic carbocycles. The molecule has 1 aliphatic heterocycles. The second kappa shape index (κ2) is 8.63. The lowest BCUT2D eigenvalue weighted by Gasteiger charge is -2.13. The molecule has 8 heteroatoms. The summed E-state index contributed by atoms with van der Waals surface area (Å²) in [5.41, 5.74) is 0.352. The van der Waals surface area contributed by atoms with Crippen LogP contribution in [0.25, 0.3) is 0 Å². The van der Waals surface area contributed by atoms with Crippen molar-refractivity contribution >= 4 is 28.3 Å². The van der Waals surface area contributed by atoms with Gasteiger partial charge in [0.15, 0.2) is 0 Å². The minimum Gasteiger partial charge on any atom is -0.350 e. The Labute approximate surface area is 143 Å². The van der Waals surface area contributed by atoms with E-state index in [1.165, 1.54) is 12.1 Å². The zero-order chi connectivity index (χ0) is 16.2. The molecule has 1 aromatic rings. The molecule has 0 spiro atoms. The lowest BCUT2D eigenvalue weighted by atomic mass is 10.2. The largest absolute Gasteiger partial charge is 0.350 e. The molecule has 1 amide bonds. The molecule has 1 saturated heterocycles. The van der Waals surface area contributed by atoms with Gasteiger partial charge in [-0.1, -0.05) is 6.07 Å². The van der Waals surface area contributed by atoms with E-state index in [1.807, 2.05) is 0 Å². The van der Waals surface area contributed by atoms with E-state index in [2.05, 4.69) is 15.4 Å². The molecule has 1 atom stereocenters. The van der Waals surface area contributed by atoms with E-state index in [-0.39, 0.29) is 29.3 Å². The number of rotatable bonds is 6. The molecule has 0 bridgehead atoms. The van der Waals surface area contributed by atoms with E-state index >= 15 is 0 Å². The highest BCUT2D eigenvalue weighted by Gasteiger charge is 2.18. The molecule has 1 unspecified atom stereocenters. The predicted octanol–water partition coefficient (Wildman–Crippen LogP) is 1.28. The van der Waals surface area contributed by atoms with Crippen LogP contribution in [-0.2, 0) is 10.0 Å². The highest BCUT2D eigenvalue weighted by atomic mass is 35.5. The summed E-state index contributed by atoms with van der Waals surface area (Å²) in [6.45, 7) is 5.04. The molecule has 2 rings (SSSR count). The number of carbonyl (C=O) groups is 1. The van der Waals surface area contributed by atoms with Crippen LogP contribution in [0.15, 0.2) is 29.2 Å². The number of nitrogens with one attached hydrogen (secondary N) is 3. The van der Waals surface area contributed by atoms with Crippen molar-refractivity contribution in [3.8, 4) is 0 Å². The van der Waals surface area contributed by atoms with Crippen LogP contribution >= 0.6 is 12.4 Å². The maximum absolute atomic E-state index is 12.1. The van der Waals surface area contributed by atoms with Gasteiger partial charge in [0.1, 0.15) is 0 Å². The average molecular weight is 362 g/mol. The normalized spacial score (nSPS) is 17.8. The fraction of sp³-hybridized carbons (Fsp3) is 0.533. The van der Waals surface area contributed by atoms with Crippen molar-refractivity contribution in [2.45, 2.75) is 43.7 Å². The topological polar surface area (TPSA) is 87.3 Å². The monoisotopic (exact) mass is 361 g/mol. The van der Waals surface area contributed by atoms with Crippen molar-refractivity contribution in [3.05, 3.63) is 29.8 Å². The first-order valence-electron chi connectivity index (χ1n) is 7.52. The van der Waals surface area contributed by atoms with Crippen LogP contribution in [0.4, 0.5) is 0 Å². The molecule has 0 saturated carbocycles. The molecule has 0 aromatic heterocycles. The van der Waals surface area contributed by atoms with Crippen molar-refractivity contribution in [1.82, 2.24) is 15.4 Å². The maximum Gasteiger partial charge on any atom is 0.251 e. The Morgan fingerprint density at radius 2 is 2.13 bits per heavy atom. The number of hydrogen-bond acceptors (Lipinski definition) is 4. The fourth-order valence-electron chi connectivity index (χ4n) is 2.43. The van der Waals surface area contributed by atoms with Crippen LogP contribution in [0.1, 0.15) is 37.0 Å². The molecule has 130 valence electrons. The van der Waals surface area contributed by atoms with Crippen LogP contribution in [0.3, 0.4) is 0 Å². The van der Waals surface area contributed by atoms with Crippen LogP contribution in [-0.4, -0.2) is 39.5 Å². The fourth-order valence-corrected chi connectivity index (χ4v) is 3.73. The van der Waals surface area contributed by atoms with Crippen molar-refractivity contribution in [2.24, 2.45) is 0 Å². The summed E-state index contributed by atoms with van der Waals surface area (Å²) in [6.07, 6.45) is 2.17. The molecule has 3 N–H and O–H groups in total. The van der Waals surface area contributed by atoms with E-state index in [1.54, 1.807) is 26.0 Å². The van der Waals surface area contributed by atoms with Crippen LogP contribution in [0.5, 0.6) is 0 Å². The SMILES string of the molecule is CC(C)NS(=O)(=O)c1cccc(C(=O)NCC2CCCN2)c1.Cl. The Kier molecular flexibility index (Phi) is 7.47. The molecular formula is C15H24ClN3O3S. The summed E-state index contributed by atoms with van der Waals surface area (Å²) >= 11 is 0. The van der Waals surface area contributed by atoms with Crippen molar-refractivity contribution in [3.63, 3.8) is 0 Å². The number of hydrogen-bond donors (Lipinski definition) is 3. The highest BCUT2D eigenvalue weighted by Crippen LogP contribution is 2.12. The maximum atomic E-state index is 12.1. The van der Waals surface area contributed by atoms with Crippen LogP contribution in [0, 0.1) is 0 Å². The molecule has 1 fully saturated rings. The van der Waals surface area contributed by atoms with Crippen molar-refractivity contribution in [1.29, 1.82) is 0 Å². The molecule has 6 nitrogen and oxygen atoms in total. The second-order valence-corrected chi connectivity index (χ2v) is 7.52. The highest BCUT2D eigenvalue weighted by molar-refractivity contribution is 7.89. The van der Waals surface area contributed by atoms with E-state index in [4.69, 9.17) is 0 Å². The Morgan fingerprint density at radius 1 is 1.39 bits per heavy atom. The lowest BCUT2D eigenvalue weighted by molar-refractivity contribution is 0.0950. The summed E-state index contributed by atoms with van der Waals surface area (Å²) in [7, 11) is -3.59. The summed E-state index contributed by atoms with van der Waals surface area (Å²) in [4.78, 5) is 12.3. The Balaban J connectivity index is 0.00000264. The third-order valence-corrected chi connectivity index (χ3v) is 5.13. The van der Waals surface area contributed by atoms with E-state index in [0.717, 1.165) is 19.4 Å². The summed E-state index contributed by atoms with van der Waals surface area (Å²) in [5, 5.41) is 6.14. The van der Waals surface area contributed by atoms with E-state index in [9.17, 15) is 13.2 Å². The molecule has 0 radical (unpaired) electrons. The number of sulfonamides is 1. The minimum atomic E-state index is -3.59. The lowest BCUT2D eigenvalue weighted by Crippen LogP contribution is -2.37. The predicted molar refractivity (Wildman–Crippen MR) is 92.5 cm³/mol. The zero-order valence-electron chi connectivity index (χ0n) is 13.3. The molecule has 23 heavy (non-hydrogen) atoms. The third-order valence-electron chi connectivity index (χ3n) is 3.47. The number of carbonyl (C=O) groups excluding carboxylic acids is 1. The van der Waals surface area contributed by atoms with Gasteiger partial charge in [-0.3, -0.25) is 4.79 Å². The molecule has 1 aromatic carbocycles. The number of amides is 1. The molecule has 1 heterocycles. The summed E-state index contributed by atoms with van der Waals surface area (Å²) in [6, 6.07) is 6.19. The van der Waals surface area contributed by atoms with E-state index in [0.29, 0.717) is 18.2 Å². The van der Waals surface area contributed by atoms with Crippen LogP contribution in [0.2, 0.25) is 0 Å². The van der Waals surface area contributed by atoms with Crippen molar-refractivity contribution < 1.29 is 13.2 Å². The first-order valence-corrected chi connectivity index (χ1v) is 9.01. The molecular weight excluding hydrogens is 338 g/mol. The van der Waals surface area contributed by atoms with Gasteiger partial charge in [0.05, 0.1) is 4.90 Å². The quantitative estimate of drug-likeness (QED) is 0.712. The first-order chi connectivity index (χ1) is 10.4.